The summed E-state index contributed by atoms with van der Waals surface area (Å²) in [7, 11) is -3.93. The van der Waals surface area contributed by atoms with Gasteiger partial charge in [0.1, 0.15) is 18.1 Å². The second-order valence-corrected chi connectivity index (χ2v) is 10.5. The minimum atomic E-state index is -3.77. The Hall–Kier alpha value is -3.23. The molecular formula is C20H22N5O4PS. The van der Waals surface area contributed by atoms with Gasteiger partial charge >= 0.3 is 0 Å². The third kappa shape index (κ3) is 5.48. The van der Waals surface area contributed by atoms with Gasteiger partial charge in [0.25, 0.3) is 15.2 Å². The summed E-state index contributed by atoms with van der Waals surface area (Å²) in [5.74, 6) is -0.434. The van der Waals surface area contributed by atoms with Crippen LogP contribution in [0.1, 0.15) is 28.8 Å². The van der Waals surface area contributed by atoms with E-state index in [1.54, 1.807) is 30.3 Å². The Labute approximate surface area is 181 Å². The van der Waals surface area contributed by atoms with Crippen LogP contribution in [0.2, 0.25) is 0 Å². The smallest absolute Gasteiger partial charge is 0.276 e. The van der Waals surface area contributed by atoms with Crippen molar-refractivity contribution in [3.05, 3.63) is 69.1 Å². The maximum atomic E-state index is 12.9. The van der Waals surface area contributed by atoms with Crippen LogP contribution < -0.4 is 21.3 Å². The molecule has 0 radical (unpaired) electrons. The van der Waals surface area contributed by atoms with E-state index in [2.05, 4.69) is 16.3 Å². The van der Waals surface area contributed by atoms with E-state index < -0.39 is 21.1 Å². The lowest BCUT2D eigenvalue weighted by Gasteiger charge is -2.19. The van der Waals surface area contributed by atoms with E-state index in [0.717, 1.165) is 17.5 Å². The third-order valence-corrected chi connectivity index (χ3v) is 6.85. The van der Waals surface area contributed by atoms with Gasteiger partial charge in [0, 0.05) is 25.2 Å². The van der Waals surface area contributed by atoms with Crippen molar-refractivity contribution in [3.63, 3.8) is 0 Å². The first-order chi connectivity index (χ1) is 14.7. The number of nitrogens with two attached hydrogens (primary N) is 1. The van der Waals surface area contributed by atoms with Crippen molar-refractivity contribution >= 4 is 46.9 Å². The van der Waals surface area contributed by atoms with Gasteiger partial charge in [-0.05, 0) is 36.1 Å². The summed E-state index contributed by atoms with van der Waals surface area (Å²) in [6, 6.07) is 8.40. The minimum absolute atomic E-state index is 0.0402. The van der Waals surface area contributed by atoms with Crippen molar-refractivity contribution in [2.45, 2.75) is 25.9 Å². The Morgan fingerprint density at radius 3 is 2.65 bits per heavy atom. The van der Waals surface area contributed by atoms with Gasteiger partial charge in [-0.1, -0.05) is 36.6 Å². The zero-order chi connectivity index (χ0) is 22.6. The fourth-order valence-electron chi connectivity index (χ4n) is 3.17. The zero-order valence-electron chi connectivity index (χ0n) is 16.6. The number of nitrogens with zero attached hydrogens (tertiary/aromatic N) is 1. The number of fused-ring (bicyclic) bond motifs is 1. The fraction of sp³-hybridized carbons (Fsp3) is 0.200. The number of aryl methyl sites for hydroxylation is 1. The van der Waals surface area contributed by atoms with E-state index in [4.69, 9.17) is 11.1 Å². The largest absolute Gasteiger partial charge is 0.384 e. The lowest BCUT2D eigenvalue weighted by atomic mass is 10.0. The first-order valence-corrected chi connectivity index (χ1v) is 12.5. The molecule has 0 aliphatic heterocycles. The molecule has 1 heterocycles. The van der Waals surface area contributed by atoms with Crippen LogP contribution in [-0.4, -0.2) is 31.0 Å². The molecule has 0 atom stereocenters. The number of aromatic nitrogens is 1. The highest BCUT2D eigenvalue weighted by atomic mass is 32.8. The Bertz CT molecular complexity index is 1230. The maximum Gasteiger partial charge on any atom is 0.276 e. The Balaban J connectivity index is 1.82. The Morgan fingerprint density at radius 1 is 1.29 bits per heavy atom. The highest BCUT2D eigenvalue weighted by Gasteiger charge is 2.19. The van der Waals surface area contributed by atoms with Crippen LogP contribution in [0.5, 0.6) is 0 Å². The number of carbonyl (C=O) groups excluding carboxylic acids is 1. The van der Waals surface area contributed by atoms with Gasteiger partial charge in [0.2, 0.25) is 5.91 Å². The summed E-state index contributed by atoms with van der Waals surface area (Å²) in [4.78, 5) is 25.5. The van der Waals surface area contributed by atoms with Gasteiger partial charge in [-0.25, -0.2) is 0 Å². The van der Waals surface area contributed by atoms with Gasteiger partial charge in [-0.2, -0.15) is 8.42 Å². The highest BCUT2D eigenvalue weighted by Crippen LogP contribution is 2.22. The summed E-state index contributed by atoms with van der Waals surface area (Å²) < 4.78 is 27.3. The third-order valence-electron chi connectivity index (χ3n) is 4.74. The molecule has 1 aliphatic carbocycles. The van der Waals surface area contributed by atoms with E-state index in [1.807, 2.05) is 6.08 Å². The SMILES string of the molecule is C=PS(=O)(=O)Nc1cc2c(n(CC(=O)NCc3ccc(C(=N)N)cc3)c1=O)C=CCC2. The number of hydrogen-bond acceptors (Lipinski definition) is 5. The van der Waals surface area contributed by atoms with E-state index in [9.17, 15) is 18.0 Å². The lowest BCUT2D eigenvalue weighted by Crippen LogP contribution is -2.35. The molecule has 0 saturated heterocycles. The van der Waals surface area contributed by atoms with E-state index in [1.165, 1.54) is 10.6 Å². The maximum absolute atomic E-state index is 12.9. The summed E-state index contributed by atoms with van der Waals surface area (Å²) in [5, 5.41) is 10.2. The molecule has 2 aromatic rings. The zero-order valence-corrected chi connectivity index (χ0v) is 18.3. The van der Waals surface area contributed by atoms with E-state index in [-0.39, 0.29) is 32.0 Å². The van der Waals surface area contributed by atoms with Crippen LogP contribution in [0.3, 0.4) is 0 Å². The molecule has 162 valence electrons. The van der Waals surface area contributed by atoms with Crippen molar-refractivity contribution in [2.24, 2.45) is 5.73 Å². The molecule has 0 fully saturated rings. The Morgan fingerprint density at radius 2 is 2.00 bits per heavy atom. The predicted molar refractivity (Wildman–Crippen MR) is 124 cm³/mol. The lowest BCUT2D eigenvalue weighted by molar-refractivity contribution is -0.121. The molecule has 0 bridgehead atoms. The second kappa shape index (κ2) is 9.28. The molecule has 1 aromatic carbocycles. The fourth-order valence-corrected chi connectivity index (χ4v) is 4.15. The molecule has 0 saturated carbocycles. The number of benzene rings is 1. The number of anilines is 1. The first-order valence-electron chi connectivity index (χ1n) is 9.34. The van der Waals surface area contributed by atoms with Gasteiger partial charge in [0.05, 0.1) is 0 Å². The van der Waals surface area contributed by atoms with Gasteiger partial charge in [-0.3, -0.25) is 24.3 Å². The highest BCUT2D eigenvalue weighted by molar-refractivity contribution is 8.43. The minimum Gasteiger partial charge on any atom is -0.384 e. The van der Waals surface area contributed by atoms with Crippen LogP contribution in [0.4, 0.5) is 5.69 Å². The second-order valence-electron chi connectivity index (χ2n) is 6.89. The summed E-state index contributed by atoms with van der Waals surface area (Å²) in [6.45, 7) is -0.0226. The van der Waals surface area contributed by atoms with Gasteiger partial charge < -0.3 is 11.1 Å². The summed E-state index contributed by atoms with van der Waals surface area (Å²) in [6.07, 6.45) is 8.40. The number of amidine groups is 1. The van der Waals surface area contributed by atoms with E-state index >= 15 is 0 Å². The average Bonchev–Trinajstić information content (AvgIpc) is 2.75. The van der Waals surface area contributed by atoms with Crippen molar-refractivity contribution in [1.29, 1.82) is 5.41 Å². The number of rotatable bonds is 8. The van der Waals surface area contributed by atoms with Crippen molar-refractivity contribution in [2.75, 3.05) is 4.72 Å². The number of hydrogen-bond donors (Lipinski definition) is 4. The quantitative estimate of drug-likeness (QED) is 0.268. The molecule has 3 rings (SSSR count). The van der Waals surface area contributed by atoms with E-state index in [0.29, 0.717) is 17.7 Å². The van der Waals surface area contributed by atoms with Gasteiger partial charge in [0.15, 0.2) is 0 Å². The molecular weight excluding hydrogens is 437 g/mol. The predicted octanol–water partition coefficient (Wildman–Crippen LogP) is 1.44. The number of nitrogen functional groups attached to an aromatic ring is 1. The number of allylic oxidation sites excluding steroid dienone is 1. The molecule has 0 spiro atoms. The molecule has 5 N–H and O–H groups in total. The Kier molecular flexibility index (Phi) is 6.72. The van der Waals surface area contributed by atoms with Crippen LogP contribution in [0.15, 0.2) is 41.2 Å². The monoisotopic (exact) mass is 459 g/mol. The average molecular weight is 459 g/mol. The standard InChI is InChI=1S/C20H22N5O4PS/c1-30-31(28,29)24-16-10-15-4-2-3-5-17(15)25(20(16)27)12-18(26)23-11-13-6-8-14(9-7-13)19(21)22/h3,5-10,24H,1-2,4,11-12H2,(H3,21,22)(H,23,26). The molecule has 31 heavy (non-hydrogen) atoms. The molecule has 1 aromatic heterocycles. The molecule has 0 unspecified atom stereocenters. The topological polar surface area (TPSA) is 147 Å². The first kappa shape index (κ1) is 22.5. The van der Waals surface area contributed by atoms with Gasteiger partial charge in [-0.15, -0.1) is 0 Å². The summed E-state index contributed by atoms with van der Waals surface area (Å²) >= 11 is 0. The number of carbonyl (C=O) groups is 1. The van der Waals surface area contributed by atoms with Crippen LogP contribution in [0.25, 0.3) is 6.08 Å². The molecule has 11 heteroatoms. The van der Waals surface area contributed by atoms with Crippen molar-refractivity contribution < 1.29 is 13.2 Å². The van der Waals surface area contributed by atoms with Crippen LogP contribution in [-0.2, 0) is 33.9 Å². The van der Waals surface area contributed by atoms with Crippen molar-refractivity contribution in [3.8, 4) is 0 Å². The van der Waals surface area contributed by atoms with Crippen LogP contribution >= 0.6 is 7.41 Å². The molecule has 9 nitrogen and oxygen atoms in total. The summed E-state index contributed by atoms with van der Waals surface area (Å²) in [5.41, 5.74) is 7.50. The number of amides is 1. The number of pyridine rings is 1. The van der Waals surface area contributed by atoms with Crippen LogP contribution in [0, 0.1) is 5.41 Å². The normalized spacial score (nSPS) is 12.9. The number of nitrogens with one attached hydrogen (secondary N) is 3. The molecule has 1 aliphatic rings. The molecule has 1 amide bonds. The van der Waals surface area contributed by atoms with Crippen molar-refractivity contribution in [1.82, 2.24) is 9.88 Å².